The normalized spacial score (nSPS) is 11.4. The second kappa shape index (κ2) is 8.56. The highest BCUT2D eigenvalue weighted by molar-refractivity contribution is 6.31. The molecule has 2 aromatic carbocycles. The molecule has 0 radical (unpaired) electrons. The van der Waals surface area contributed by atoms with Crippen molar-refractivity contribution in [3.63, 3.8) is 0 Å². The van der Waals surface area contributed by atoms with Crippen LogP contribution < -0.4 is 10.6 Å². The standard InChI is InChI=1S/C17H15Cl2F3N2O/c18-12-3-1-2-11(8-12)6-7-23-10-16(25)24-15-5-4-13(19)9-14(15)17(20,21)22/h1-5,8-9,23H,6-7,10H2,(H,24,25). The van der Waals surface area contributed by atoms with E-state index in [4.69, 9.17) is 23.2 Å². The SMILES string of the molecule is O=C(CNCCc1cccc(Cl)c1)Nc1ccc(Cl)cc1C(F)(F)F. The van der Waals surface area contributed by atoms with E-state index in [2.05, 4.69) is 10.6 Å². The maximum absolute atomic E-state index is 13.0. The van der Waals surface area contributed by atoms with Gasteiger partial charge in [-0.25, -0.2) is 0 Å². The predicted molar refractivity (Wildman–Crippen MR) is 93.1 cm³/mol. The molecule has 8 heteroatoms. The van der Waals surface area contributed by atoms with Crippen LogP contribution in [0, 0.1) is 0 Å². The van der Waals surface area contributed by atoms with Gasteiger partial charge in [-0.15, -0.1) is 0 Å². The molecule has 134 valence electrons. The highest BCUT2D eigenvalue weighted by atomic mass is 35.5. The lowest BCUT2D eigenvalue weighted by atomic mass is 10.1. The Morgan fingerprint density at radius 2 is 1.76 bits per heavy atom. The highest BCUT2D eigenvalue weighted by Crippen LogP contribution is 2.36. The Balaban J connectivity index is 1.86. The number of hydrogen-bond acceptors (Lipinski definition) is 2. The topological polar surface area (TPSA) is 41.1 Å². The first-order valence-electron chi connectivity index (χ1n) is 7.37. The predicted octanol–water partition coefficient (Wildman–Crippen LogP) is 4.78. The van der Waals surface area contributed by atoms with Gasteiger partial charge in [0.25, 0.3) is 0 Å². The number of halogens is 5. The molecule has 1 amide bonds. The summed E-state index contributed by atoms with van der Waals surface area (Å²) in [6, 6.07) is 10.5. The first-order chi connectivity index (χ1) is 11.8. The van der Waals surface area contributed by atoms with E-state index in [9.17, 15) is 18.0 Å². The Morgan fingerprint density at radius 1 is 1.04 bits per heavy atom. The number of amides is 1. The summed E-state index contributed by atoms with van der Waals surface area (Å²) in [6.07, 6.45) is -3.96. The quantitative estimate of drug-likeness (QED) is 0.696. The van der Waals surface area contributed by atoms with Gasteiger partial charge >= 0.3 is 6.18 Å². The fourth-order valence-corrected chi connectivity index (χ4v) is 2.57. The zero-order valence-electron chi connectivity index (χ0n) is 13.0. The minimum Gasteiger partial charge on any atom is -0.324 e. The van der Waals surface area contributed by atoms with Crippen molar-refractivity contribution in [2.24, 2.45) is 0 Å². The molecule has 2 aromatic rings. The maximum atomic E-state index is 13.0. The van der Waals surface area contributed by atoms with Crippen LogP contribution in [-0.2, 0) is 17.4 Å². The molecule has 0 saturated heterocycles. The van der Waals surface area contributed by atoms with Gasteiger partial charge < -0.3 is 10.6 Å². The Morgan fingerprint density at radius 3 is 2.44 bits per heavy atom. The minimum absolute atomic E-state index is 0.0510. The van der Waals surface area contributed by atoms with Crippen molar-refractivity contribution in [3.8, 4) is 0 Å². The molecule has 0 unspecified atom stereocenters. The number of carbonyl (C=O) groups excluding carboxylic acids is 1. The van der Waals surface area contributed by atoms with Crippen molar-refractivity contribution in [2.45, 2.75) is 12.6 Å². The van der Waals surface area contributed by atoms with Crippen molar-refractivity contribution < 1.29 is 18.0 Å². The molecule has 0 atom stereocenters. The van der Waals surface area contributed by atoms with Crippen LogP contribution >= 0.6 is 23.2 Å². The molecule has 0 aliphatic carbocycles. The molecule has 0 aliphatic rings. The van der Waals surface area contributed by atoms with E-state index in [-0.39, 0.29) is 17.3 Å². The second-order valence-electron chi connectivity index (χ2n) is 5.29. The summed E-state index contributed by atoms with van der Waals surface area (Å²) in [7, 11) is 0. The van der Waals surface area contributed by atoms with E-state index >= 15 is 0 Å². The van der Waals surface area contributed by atoms with Crippen LogP contribution in [0.2, 0.25) is 10.0 Å². The van der Waals surface area contributed by atoms with E-state index in [0.717, 1.165) is 17.7 Å². The Bertz CT molecular complexity index is 751. The minimum atomic E-state index is -4.60. The third kappa shape index (κ3) is 6.23. The van der Waals surface area contributed by atoms with Crippen LogP contribution in [0.25, 0.3) is 0 Å². The molecular weight excluding hydrogens is 376 g/mol. The number of anilines is 1. The van der Waals surface area contributed by atoms with E-state index in [1.54, 1.807) is 6.07 Å². The zero-order chi connectivity index (χ0) is 18.4. The summed E-state index contributed by atoms with van der Waals surface area (Å²) in [5.74, 6) is -0.570. The maximum Gasteiger partial charge on any atom is 0.418 e. The number of hydrogen-bond donors (Lipinski definition) is 2. The molecule has 0 spiro atoms. The fraction of sp³-hybridized carbons (Fsp3) is 0.235. The average molecular weight is 391 g/mol. The van der Waals surface area contributed by atoms with Crippen LogP contribution in [0.4, 0.5) is 18.9 Å². The molecule has 0 saturated carbocycles. The van der Waals surface area contributed by atoms with Crippen LogP contribution in [-0.4, -0.2) is 19.0 Å². The fourth-order valence-electron chi connectivity index (χ4n) is 2.18. The summed E-state index contributed by atoms with van der Waals surface area (Å²) in [5, 5.41) is 5.70. The van der Waals surface area contributed by atoms with Gasteiger partial charge in [-0.3, -0.25) is 4.79 Å². The van der Waals surface area contributed by atoms with Crippen molar-refractivity contribution in [3.05, 3.63) is 63.6 Å². The number of rotatable bonds is 6. The van der Waals surface area contributed by atoms with Crippen molar-refractivity contribution >= 4 is 34.8 Å². The number of nitrogens with one attached hydrogen (secondary N) is 2. The van der Waals surface area contributed by atoms with Gasteiger partial charge in [0.1, 0.15) is 0 Å². The third-order valence-corrected chi connectivity index (χ3v) is 3.80. The summed E-state index contributed by atoms with van der Waals surface area (Å²) in [6.45, 7) is 0.376. The van der Waals surface area contributed by atoms with Gasteiger partial charge in [0, 0.05) is 10.0 Å². The van der Waals surface area contributed by atoms with Gasteiger partial charge in [0.2, 0.25) is 5.91 Å². The Hall–Kier alpha value is -1.76. The lowest BCUT2D eigenvalue weighted by Crippen LogP contribution is -2.30. The van der Waals surface area contributed by atoms with Crippen LogP contribution in [0.5, 0.6) is 0 Å². The van der Waals surface area contributed by atoms with Crippen LogP contribution in [0.3, 0.4) is 0 Å². The van der Waals surface area contributed by atoms with Gasteiger partial charge in [0.15, 0.2) is 0 Å². The monoisotopic (exact) mass is 390 g/mol. The van der Waals surface area contributed by atoms with Gasteiger partial charge in [-0.1, -0.05) is 35.3 Å². The number of carbonyl (C=O) groups is 1. The summed E-state index contributed by atoms with van der Waals surface area (Å²) < 4.78 is 38.9. The summed E-state index contributed by atoms with van der Waals surface area (Å²) in [4.78, 5) is 11.8. The number of benzene rings is 2. The first-order valence-corrected chi connectivity index (χ1v) is 8.13. The molecule has 25 heavy (non-hydrogen) atoms. The molecule has 3 nitrogen and oxygen atoms in total. The molecule has 0 bridgehead atoms. The summed E-state index contributed by atoms with van der Waals surface area (Å²) in [5.41, 5.74) is -0.303. The largest absolute Gasteiger partial charge is 0.418 e. The summed E-state index contributed by atoms with van der Waals surface area (Å²) >= 11 is 11.5. The van der Waals surface area contributed by atoms with E-state index in [1.807, 2.05) is 18.2 Å². The first kappa shape index (κ1) is 19.6. The van der Waals surface area contributed by atoms with Crippen molar-refractivity contribution in [2.75, 3.05) is 18.4 Å². The second-order valence-corrected chi connectivity index (χ2v) is 6.17. The third-order valence-electron chi connectivity index (χ3n) is 3.33. The molecule has 0 aromatic heterocycles. The van der Waals surface area contributed by atoms with Crippen molar-refractivity contribution in [1.29, 1.82) is 0 Å². The smallest absolute Gasteiger partial charge is 0.324 e. The molecule has 2 N–H and O–H groups in total. The lowest BCUT2D eigenvalue weighted by Gasteiger charge is -2.14. The molecule has 2 rings (SSSR count). The van der Waals surface area contributed by atoms with E-state index in [0.29, 0.717) is 18.0 Å². The van der Waals surface area contributed by atoms with Crippen LogP contribution in [0.15, 0.2) is 42.5 Å². The van der Waals surface area contributed by atoms with E-state index < -0.39 is 17.6 Å². The van der Waals surface area contributed by atoms with Crippen LogP contribution in [0.1, 0.15) is 11.1 Å². The lowest BCUT2D eigenvalue weighted by molar-refractivity contribution is -0.137. The molecular formula is C17H15Cl2F3N2O. The van der Waals surface area contributed by atoms with Crippen molar-refractivity contribution in [1.82, 2.24) is 5.32 Å². The van der Waals surface area contributed by atoms with Gasteiger partial charge in [-0.2, -0.15) is 13.2 Å². The Kier molecular flexibility index (Phi) is 6.70. The van der Waals surface area contributed by atoms with Gasteiger partial charge in [-0.05, 0) is 48.9 Å². The highest BCUT2D eigenvalue weighted by Gasteiger charge is 2.34. The average Bonchev–Trinajstić information content (AvgIpc) is 2.52. The van der Waals surface area contributed by atoms with E-state index in [1.165, 1.54) is 6.07 Å². The molecule has 0 fully saturated rings. The number of alkyl halides is 3. The van der Waals surface area contributed by atoms with Gasteiger partial charge in [0.05, 0.1) is 17.8 Å². The zero-order valence-corrected chi connectivity index (χ0v) is 14.5. The Labute approximate surface area is 153 Å². The molecule has 0 heterocycles. The molecule has 0 aliphatic heterocycles.